The Morgan fingerprint density at radius 2 is 1.91 bits per heavy atom. The van der Waals surface area contributed by atoms with Crippen molar-refractivity contribution in [1.29, 1.82) is 0 Å². The molecule has 2 aliphatic heterocycles. The fourth-order valence-electron chi connectivity index (χ4n) is 5.96. The molecule has 1 fully saturated rings. The van der Waals surface area contributed by atoms with Gasteiger partial charge in [-0.05, 0) is 55.4 Å². The lowest BCUT2D eigenvalue weighted by molar-refractivity contribution is 0.177. The van der Waals surface area contributed by atoms with E-state index in [9.17, 15) is 13.2 Å². The van der Waals surface area contributed by atoms with Crippen molar-refractivity contribution >= 4 is 48.6 Å². The van der Waals surface area contributed by atoms with Gasteiger partial charge in [0, 0.05) is 50.5 Å². The number of benzene rings is 2. The maximum atomic E-state index is 14.0. The number of methoxy groups -OCH3 is 2. The molecule has 13 heteroatoms. The monoisotopic (exact) mass is 622 g/mol. The molecule has 0 saturated carbocycles. The normalized spacial score (nSPS) is 18.6. The lowest BCUT2D eigenvalue weighted by Crippen LogP contribution is -2.40. The van der Waals surface area contributed by atoms with Crippen LogP contribution in [0.2, 0.25) is 0 Å². The van der Waals surface area contributed by atoms with Gasteiger partial charge >= 0.3 is 6.03 Å². The van der Waals surface area contributed by atoms with Gasteiger partial charge in [0.25, 0.3) is 0 Å². The van der Waals surface area contributed by atoms with E-state index in [2.05, 4.69) is 20.2 Å². The molecule has 2 aromatic carbocycles. The molecule has 0 bridgehead atoms. The number of fused-ring (bicyclic) bond motifs is 3. The van der Waals surface area contributed by atoms with E-state index in [-0.39, 0.29) is 36.0 Å². The summed E-state index contributed by atoms with van der Waals surface area (Å²) in [5, 5.41) is 3.37. The number of sulfonamides is 1. The number of aromatic nitrogens is 2. The number of amides is 2. The number of carbonyl (C=O) groups is 1. The van der Waals surface area contributed by atoms with E-state index in [0.717, 1.165) is 30.6 Å². The van der Waals surface area contributed by atoms with E-state index < -0.39 is 10.0 Å². The maximum absolute atomic E-state index is 14.0. The highest BCUT2D eigenvalue weighted by Gasteiger charge is 2.48. The van der Waals surface area contributed by atoms with Crippen LogP contribution in [0, 0.1) is 0 Å². The van der Waals surface area contributed by atoms with Crippen molar-refractivity contribution in [2.45, 2.75) is 23.3 Å². The van der Waals surface area contributed by atoms with Crippen LogP contribution in [-0.2, 0) is 26.7 Å². The number of likely N-dealkylation sites (N-methyl/N-ethyl adjacent to an activating group) is 1. The fourth-order valence-corrected chi connectivity index (χ4v) is 8.22. The molecule has 1 N–H and O–H groups in total. The number of pyridine rings is 1. The first-order valence-electron chi connectivity index (χ1n) is 14.0. The highest BCUT2D eigenvalue weighted by molar-refractivity contribution is 7.89. The van der Waals surface area contributed by atoms with Crippen LogP contribution < -0.4 is 15.0 Å². The van der Waals surface area contributed by atoms with Gasteiger partial charge in [0.05, 0.1) is 18.6 Å². The topological polar surface area (TPSA) is 117 Å². The third kappa shape index (κ3) is 5.70. The smallest absolute Gasteiger partial charge is 0.328 e. The van der Waals surface area contributed by atoms with Crippen molar-refractivity contribution in [2.24, 2.45) is 0 Å². The van der Waals surface area contributed by atoms with Crippen molar-refractivity contribution in [3.63, 3.8) is 0 Å². The Morgan fingerprint density at radius 1 is 1.09 bits per heavy atom. The van der Waals surface area contributed by atoms with Gasteiger partial charge in [0.15, 0.2) is 5.13 Å². The van der Waals surface area contributed by atoms with E-state index in [1.54, 1.807) is 49.5 Å². The molecular formula is C30H34N6O5S2. The number of thiazole rings is 1. The van der Waals surface area contributed by atoms with Gasteiger partial charge in [-0.3, -0.25) is 10.2 Å². The first-order valence-corrected chi connectivity index (χ1v) is 16.2. The van der Waals surface area contributed by atoms with Crippen molar-refractivity contribution in [3.05, 3.63) is 71.8 Å². The van der Waals surface area contributed by atoms with Gasteiger partial charge in [-0.1, -0.05) is 41.7 Å². The number of nitrogens with one attached hydrogen (secondary N) is 1. The molecule has 43 heavy (non-hydrogen) atoms. The number of hydrogen-bond acceptors (Lipinski definition) is 9. The van der Waals surface area contributed by atoms with Crippen molar-refractivity contribution < 1.29 is 22.7 Å². The SMILES string of the molecule is COCCN(Cc1ccccc1)S(=O)(=O)c1ccc2c(c1)[C@@]1(CCN(C)C1)CN2C(=O)Nc1nc2ccc(OC)nc2s1. The largest absolute Gasteiger partial charge is 0.481 e. The van der Waals surface area contributed by atoms with Crippen molar-refractivity contribution in [3.8, 4) is 5.88 Å². The molecule has 2 amide bonds. The molecule has 2 aromatic heterocycles. The molecule has 11 nitrogen and oxygen atoms in total. The summed E-state index contributed by atoms with van der Waals surface area (Å²) in [5.74, 6) is 0.477. The van der Waals surface area contributed by atoms with E-state index in [1.165, 1.54) is 15.6 Å². The molecule has 226 valence electrons. The quantitative estimate of drug-likeness (QED) is 0.296. The molecule has 0 aliphatic carbocycles. The number of carbonyl (C=O) groups excluding carboxylic acids is 1. The summed E-state index contributed by atoms with van der Waals surface area (Å²) in [6.45, 7) is 2.73. The summed E-state index contributed by atoms with van der Waals surface area (Å²) < 4.78 is 40.0. The Kier molecular flexibility index (Phi) is 8.09. The lowest BCUT2D eigenvalue weighted by atomic mass is 9.81. The van der Waals surface area contributed by atoms with Crippen LogP contribution in [0.4, 0.5) is 15.6 Å². The predicted octanol–water partition coefficient (Wildman–Crippen LogP) is 4.16. The van der Waals surface area contributed by atoms with Crippen molar-refractivity contribution in [2.75, 3.05) is 64.3 Å². The molecule has 1 saturated heterocycles. The van der Waals surface area contributed by atoms with Gasteiger partial charge in [-0.25, -0.2) is 23.2 Å². The number of hydrogen-bond donors (Lipinski definition) is 1. The zero-order valence-corrected chi connectivity index (χ0v) is 26.0. The van der Waals surface area contributed by atoms with Crippen LogP contribution in [0.5, 0.6) is 5.88 Å². The molecule has 1 spiro atoms. The highest BCUT2D eigenvalue weighted by atomic mass is 32.2. The summed E-state index contributed by atoms with van der Waals surface area (Å²) >= 11 is 1.27. The third-order valence-corrected chi connectivity index (χ3v) is 10.8. The zero-order chi connectivity index (χ0) is 30.2. The van der Waals surface area contributed by atoms with Crippen LogP contribution in [0.1, 0.15) is 17.5 Å². The summed E-state index contributed by atoms with van der Waals surface area (Å²) in [6, 6.07) is 17.9. The molecule has 4 aromatic rings. The Bertz CT molecular complexity index is 1750. The number of urea groups is 1. The number of likely N-dealkylation sites (tertiary alicyclic amines) is 1. The second kappa shape index (κ2) is 11.8. The van der Waals surface area contributed by atoms with Crippen LogP contribution in [0.25, 0.3) is 10.3 Å². The minimum absolute atomic E-state index is 0.209. The Morgan fingerprint density at radius 3 is 2.63 bits per heavy atom. The lowest BCUT2D eigenvalue weighted by Gasteiger charge is -2.26. The Hall–Kier alpha value is -3.62. The van der Waals surface area contributed by atoms with Gasteiger partial charge in [-0.2, -0.15) is 4.31 Å². The second-order valence-electron chi connectivity index (χ2n) is 11.0. The average molecular weight is 623 g/mol. The Labute approximate surface area is 255 Å². The van der Waals surface area contributed by atoms with Gasteiger partial charge < -0.3 is 14.4 Å². The number of rotatable bonds is 9. The standard InChI is InChI=1S/C30H34N6O5S2/c1-34-14-13-30(19-34)20-36(29(37)33-28-31-24-10-12-26(41-3)32-27(24)42-28)25-11-9-22(17-23(25)30)43(38,39)35(15-16-40-2)18-21-7-5-4-6-8-21/h4-12,17H,13-16,18-20H2,1-3H3,(H,31,33,37)/t30-/m1/s1. The first kappa shape index (κ1) is 29.5. The second-order valence-corrected chi connectivity index (χ2v) is 13.9. The van der Waals surface area contributed by atoms with Crippen molar-refractivity contribution in [1.82, 2.24) is 19.2 Å². The zero-order valence-electron chi connectivity index (χ0n) is 24.3. The van der Waals surface area contributed by atoms with Crippen LogP contribution in [0.3, 0.4) is 0 Å². The number of ether oxygens (including phenoxy) is 2. The molecule has 0 unspecified atom stereocenters. The molecule has 2 aliphatic rings. The number of anilines is 2. The minimum atomic E-state index is -3.86. The molecule has 1 atom stereocenters. The van der Waals surface area contributed by atoms with E-state index in [4.69, 9.17) is 9.47 Å². The van der Waals surface area contributed by atoms with Crippen LogP contribution >= 0.6 is 11.3 Å². The Balaban J connectivity index is 1.32. The van der Waals surface area contributed by atoms with E-state index in [0.29, 0.717) is 33.6 Å². The molecular weight excluding hydrogens is 589 g/mol. The van der Waals surface area contributed by atoms with Crippen LogP contribution in [-0.4, -0.2) is 87.7 Å². The van der Waals surface area contributed by atoms with Crippen LogP contribution in [0.15, 0.2) is 65.6 Å². The molecule has 6 rings (SSSR count). The summed E-state index contributed by atoms with van der Waals surface area (Å²) in [4.78, 5) is 27.4. The van der Waals surface area contributed by atoms with E-state index in [1.807, 2.05) is 37.4 Å². The maximum Gasteiger partial charge on any atom is 0.328 e. The van der Waals surface area contributed by atoms with Gasteiger partial charge in [0.2, 0.25) is 15.9 Å². The third-order valence-electron chi connectivity index (χ3n) is 8.12. The average Bonchev–Trinajstić information content (AvgIpc) is 3.69. The number of nitrogens with zero attached hydrogens (tertiary/aromatic N) is 5. The molecule has 4 heterocycles. The van der Waals surface area contributed by atoms with Gasteiger partial charge in [-0.15, -0.1) is 0 Å². The van der Waals surface area contributed by atoms with Gasteiger partial charge in [0.1, 0.15) is 10.3 Å². The summed E-state index contributed by atoms with van der Waals surface area (Å²) in [7, 11) is 1.30. The molecule has 0 radical (unpaired) electrons. The fraction of sp³-hybridized carbons (Fsp3) is 0.367. The first-order chi connectivity index (χ1) is 20.7. The summed E-state index contributed by atoms with van der Waals surface area (Å²) in [6.07, 6.45) is 0.812. The summed E-state index contributed by atoms with van der Waals surface area (Å²) in [5.41, 5.74) is 2.75. The predicted molar refractivity (Wildman–Crippen MR) is 166 cm³/mol. The highest BCUT2D eigenvalue weighted by Crippen LogP contribution is 2.47. The van der Waals surface area contributed by atoms with E-state index >= 15 is 0 Å². The minimum Gasteiger partial charge on any atom is -0.481 e.